The molecule has 3 rings (SSSR count). The summed E-state index contributed by atoms with van der Waals surface area (Å²) in [6.45, 7) is 8.86. The minimum absolute atomic E-state index is 0.0571. The first-order valence-electron chi connectivity index (χ1n) is 9.03. The van der Waals surface area contributed by atoms with Gasteiger partial charge in [-0.25, -0.2) is 4.79 Å². The normalized spacial score (nSPS) is 16.4. The largest absolute Gasteiger partial charge is 0.361 e. The van der Waals surface area contributed by atoms with Gasteiger partial charge in [-0.15, -0.1) is 0 Å². The van der Waals surface area contributed by atoms with Crippen molar-refractivity contribution in [3.05, 3.63) is 36.0 Å². The van der Waals surface area contributed by atoms with Gasteiger partial charge in [-0.2, -0.15) is 0 Å². The minimum atomic E-state index is 0.0571. The first kappa shape index (κ1) is 16.8. The van der Waals surface area contributed by atoms with Gasteiger partial charge < -0.3 is 20.1 Å². The second-order valence-electron chi connectivity index (χ2n) is 6.57. The molecule has 5 heteroatoms. The van der Waals surface area contributed by atoms with Crippen molar-refractivity contribution >= 4 is 16.9 Å². The van der Waals surface area contributed by atoms with E-state index in [1.54, 1.807) is 0 Å². The Balaban J connectivity index is 1.57. The van der Waals surface area contributed by atoms with E-state index in [1.807, 2.05) is 18.0 Å². The SMILES string of the molecule is CCN1CCC(NC(=O)N(CC)Cc2ccc3[nH]ccc3c2)CC1. The first-order valence-corrected chi connectivity index (χ1v) is 9.03. The van der Waals surface area contributed by atoms with Crippen molar-refractivity contribution in [3.8, 4) is 0 Å². The molecule has 0 spiro atoms. The number of nitrogens with zero attached hydrogens (tertiary/aromatic N) is 2. The molecule has 1 aliphatic rings. The van der Waals surface area contributed by atoms with Gasteiger partial charge in [0.05, 0.1) is 0 Å². The molecule has 0 unspecified atom stereocenters. The molecule has 0 aliphatic carbocycles. The molecule has 0 bridgehead atoms. The monoisotopic (exact) mass is 328 g/mol. The lowest BCUT2D eigenvalue weighted by Gasteiger charge is -2.33. The Hall–Kier alpha value is -2.01. The quantitative estimate of drug-likeness (QED) is 0.886. The van der Waals surface area contributed by atoms with E-state index >= 15 is 0 Å². The summed E-state index contributed by atoms with van der Waals surface area (Å²) in [5.41, 5.74) is 2.30. The number of fused-ring (bicyclic) bond motifs is 1. The van der Waals surface area contributed by atoms with Crippen LogP contribution in [-0.4, -0.2) is 53.0 Å². The van der Waals surface area contributed by atoms with Crippen LogP contribution >= 0.6 is 0 Å². The second-order valence-corrected chi connectivity index (χ2v) is 6.57. The molecule has 2 aromatic rings. The molecule has 1 saturated heterocycles. The van der Waals surface area contributed by atoms with Gasteiger partial charge in [0.1, 0.15) is 0 Å². The number of likely N-dealkylation sites (tertiary alicyclic amines) is 1. The maximum Gasteiger partial charge on any atom is 0.317 e. The van der Waals surface area contributed by atoms with Crippen LogP contribution in [0.4, 0.5) is 4.79 Å². The van der Waals surface area contributed by atoms with Gasteiger partial charge in [0.25, 0.3) is 0 Å². The number of aromatic amines is 1. The number of nitrogens with one attached hydrogen (secondary N) is 2. The van der Waals surface area contributed by atoms with Crippen molar-refractivity contribution in [3.63, 3.8) is 0 Å². The number of rotatable bonds is 5. The number of piperidine rings is 1. The van der Waals surface area contributed by atoms with Crippen molar-refractivity contribution in [2.24, 2.45) is 0 Å². The zero-order valence-electron chi connectivity index (χ0n) is 14.7. The highest BCUT2D eigenvalue weighted by atomic mass is 16.2. The van der Waals surface area contributed by atoms with E-state index in [9.17, 15) is 4.79 Å². The van der Waals surface area contributed by atoms with Gasteiger partial charge in [-0.1, -0.05) is 13.0 Å². The van der Waals surface area contributed by atoms with Crippen molar-refractivity contribution < 1.29 is 4.79 Å². The Labute approximate surface area is 144 Å². The predicted octanol–water partition coefficient (Wildman–Crippen LogP) is 3.18. The summed E-state index contributed by atoms with van der Waals surface area (Å²) >= 11 is 0. The summed E-state index contributed by atoms with van der Waals surface area (Å²) in [6.07, 6.45) is 4.04. The van der Waals surface area contributed by atoms with Gasteiger partial charge >= 0.3 is 6.03 Å². The predicted molar refractivity (Wildman–Crippen MR) is 98.1 cm³/mol. The molecule has 1 fully saturated rings. The van der Waals surface area contributed by atoms with Crippen LogP contribution in [0.2, 0.25) is 0 Å². The average molecular weight is 328 g/mol. The van der Waals surface area contributed by atoms with Crippen LogP contribution in [0.15, 0.2) is 30.5 Å². The highest BCUT2D eigenvalue weighted by Crippen LogP contribution is 2.16. The third-order valence-electron chi connectivity index (χ3n) is 5.02. The van der Waals surface area contributed by atoms with Crippen LogP contribution in [0.25, 0.3) is 10.9 Å². The van der Waals surface area contributed by atoms with E-state index in [-0.39, 0.29) is 6.03 Å². The average Bonchev–Trinajstić information content (AvgIpc) is 3.08. The smallest absolute Gasteiger partial charge is 0.317 e. The number of aromatic nitrogens is 1. The molecule has 0 saturated carbocycles. The molecule has 1 aliphatic heterocycles. The Bertz CT molecular complexity index is 673. The molecule has 2 heterocycles. The zero-order chi connectivity index (χ0) is 16.9. The number of H-pyrrole nitrogens is 1. The van der Waals surface area contributed by atoms with Crippen LogP contribution in [0, 0.1) is 0 Å². The molecule has 0 radical (unpaired) electrons. The van der Waals surface area contributed by atoms with Gasteiger partial charge in [-0.05, 0) is 55.5 Å². The topological polar surface area (TPSA) is 51.4 Å². The first-order chi connectivity index (χ1) is 11.7. The molecular weight excluding hydrogens is 300 g/mol. The molecule has 2 amide bonds. The van der Waals surface area contributed by atoms with Gasteiger partial charge in [0, 0.05) is 43.9 Å². The van der Waals surface area contributed by atoms with E-state index in [2.05, 4.69) is 46.4 Å². The highest BCUT2D eigenvalue weighted by molar-refractivity contribution is 5.80. The molecule has 2 N–H and O–H groups in total. The zero-order valence-corrected chi connectivity index (χ0v) is 14.7. The van der Waals surface area contributed by atoms with Gasteiger partial charge in [0.2, 0.25) is 0 Å². The van der Waals surface area contributed by atoms with E-state index < -0.39 is 0 Å². The number of hydrogen-bond donors (Lipinski definition) is 2. The van der Waals surface area contributed by atoms with Crippen LogP contribution in [0.3, 0.4) is 0 Å². The molecule has 5 nitrogen and oxygen atoms in total. The molecule has 24 heavy (non-hydrogen) atoms. The summed E-state index contributed by atoms with van der Waals surface area (Å²) < 4.78 is 0. The summed E-state index contributed by atoms with van der Waals surface area (Å²) in [4.78, 5) is 20.1. The molecule has 1 aromatic carbocycles. The number of carbonyl (C=O) groups is 1. The highest BCUT2D eigenvalue weighted by Gasteiger charge is 2.21. The fraction of sp³-hybridized carbons (Fsp3) is 0.526. The summed E-state index contributed by atoms with van der Waals surface area (Å²) in [6, 6.07) is 8.76. The van der Waals surface area contributed by atoms with Gasteiger partial charge in [0.15, 0.2) is 0 Å². The van der Waals surface area contributed by atoms with E-state index in [4.69, 9.17) is 0 Å². The van der Waals surface area contributed by atoms with E-state index in [1.165, 1.54) is 10.9 Å². The lowest BCUT2D eigenvalue weighted by atomic mass is 10.1. The third kappa shape index (κ3) is 3.90. The number of carbonyl (C=O) groups excluding carboxylic acids is 1. The maximum absolute atomic E-state index is 12.6. The van der Waals surface area contributed by atoms with Crippen LogP contribution in [0.1, 0.15) is 32.3 Å². The number of benzene rings is 1. The fourth-order valence-electron chi connectivity index (χ4n) is 3.41. The standard InChI is InChI=1S/C19H28N4O/c1-3-22-11-8-17(9-12-22)21-19(24)23(4-2)14-15-5-6-18-16(13-15)7-10-20-18/h5-7,10,13,17,20H,3-4,8-9,11-12,14H2,1-2H3,(H,21,24). The van der Waals surface area contributed by atoms with Crippen LogP contribution in [-0.2, 0) is 6.54 Å². The Kier molecular flexibility index (Phi) is 5.41. The lowest BCUT2D eigenvalue weighted by Crippen LogP contribution is -2.49. The second kappa shape index (κ2) is 7.71. The van der Waals surface area contributed by atoms with Crippen LogP contribution in [0.5, 0.6) is 0 Å². The van der Waals surface area contributed by atoms with Gasteiger partial charge in [-0.3, -0.25) is 0 Å². The molecule has 130 valence electrons. The lowest BCUT2D eigenvalue weighted by molar-refractivity contribution is 0.174. The minimum Gasteiger partial charge on any atom is -0.361 e. The Morgan fingerprint density at radius 1 is 1.29 bits per heavy atom. The Morgan fingerprint density at radius 3 is 2.79 bits per heavy atom. The summed E-state index contributed by atoms with van der Waals surface area (Å²) in [5, 5.41) is 4.41. The summed E-state index contributed by atoms with van der Waals surface area (Å²) in [7, 11) is 0. The van der Waals surface area contributed by atoms with Crippen LogP contribution < -0.4 is 5.32 Å². The fourth-order valence-corrected chi connectivity index (χ4v) is 3.41. The van der Waals surface area contributed by atoms with Crippen molar-refractivity contribution in [2.75, 3.05) is 26.2 Å². The molecule has 0 atom stereocenters. The summed E-state index contributed by atoms with van der Waals surface area (Å²) in [5.74, 6) is 0. The maximum atomic E-state index is 12.6. The van der Waals surface area contributed by atoms with Crippen molar-refractivity contribution in [1.82, 2.24) is 20.1 Å². The molecular formula is C19H28N4O. The number of hydrogen-bond acceptors (Lipinski definition) is 2. The number of urea groups is 1. The third-order valence-corrected chi connectivity index (χ3v) is 5.02. The molecule has 1 aromatic heterocycles. The van der Waals surface area contributed by atoms with Crippen molar-refractivity contribution in [2.45, 2.75) is 39.3 Å². The van der Waals surface area contributed by atoms with Crippen molar-refractivity contribution in [1.29, 1.82) is 0 Å². The van der Waals surface area contributed by atoms with E-state index in [0.717, 1.165) is 38.0 Å². The number of amides is 2. The Morgan fingerprint density at radius 2 is 2.08 bits per heavy atom. The van der Waals surface area contributed by atoms with E-state index in [0.29, 0.717) is 19.1 Å².